The first kappa shape index (κ1) is 15.4. The molecule has 0 bridgehead atoms. The minimum absolute atomic E-state index is 0.0377. The lowest BCUT2D eigenvalue weighted by atomic mass is 9.98. The lowest BCUT2D eigenvalue weighted by molar-refractivity contribution is -0.124. The van der Waals surface area contributed by atoms with Gasteiger partial charge in [0, 0.05) is 25.6 Å². The number of nitrogens with one attached hydrogen (secondary N) is 1. The van der Waals surface area contributed by atoms with E-state index in [0.717, 1.165) is 19.4 Å². The quantitative estimate of drug-likeness (QED) is 0.651. The zero-order valence-electron chi connectivity index (χ0n) is 11.6. The van der Waals surface area contributed by atoms with E-state index in [1.165, 1.54) is 32.1 Å². The van der Waals surface area contributed by atoms with Gasteiger partial charge in [-0.05, 0) is 25.7 Å². The van der Waals surface area contributed by atoms with Crippen LogP contribution in [0, 0.1) is 5.92 Å². The van der Waals surface area contributed by atoms with Crippen molar-refractivity contribution in [3.8, 4) is 0 Å². The summed E-state index contributed by atoms with van der Waals surface area (Å²) in [5.74, 6) is 0.0435. The molecule has 1 atom stereocenters. The summed E-state index contributed by atoms with van der Waals surface area (Å²) in [4.78, 5) is 11.6. The fourth-order valence-electron chi connectivity index (χ4n) is 2.37. The van der Waals surface area contributed by atoms with Crippen molar-refractivity contribution in [2.75, 3.05) is 19.7 Å². The van der Waals surface area contributed by atoms with E-state index in [1.54, 1.807) is 0 Å². The van der Waals surface area contributed by atoms with E-state index in [4.69, 9.17) is 10.5 Å². The van der Waals surface area contributed by atoms with Gasteiger partial charge in [0.1, 0.15) is 0 Å². The molecule has 0 radical (unpaired) electrons. The summed E-state index contributed by atoms with van der Waals surface area (Å²) in [6.07, 6.45) is 8.53. The Morgan fingerprint density at radius 2 is 2.11 bits per heavy atom. The van der Waals surface area contributed by atoms with Gasteiger partial charge in [-0.2, -0.15) is 0 Å². The van der Waals surface area contributed by atoms with Crippen LogP contribution in [0.4, 0.5) is 0 Å². The van der Waals surface area contributed by atoms with Gasteiger partial charge in [-0.25, -0.2) is 0 Å². The van der Waals surface area contributed by atoms with Gasteiger partial charge in [-0.15, -0.1) is 0 Å². The molecule has 1 unspecified atom stereocenters. The molecule has 0 aromatic heterocycles. The lowest BCUT2D eigenvalue weighted by Gasteiger charge is -2.22. The van der Waals surface area contributed by atoms with Crippen LogP contribution in [0.2, 0.25) is 0 Å². The Morgan fingerprint density at radius 1 is 1.39 bits per heavy atom. The summed E-state index contributed by atoms with van der Waals surface area (Å²) in [5.41, 5.74) is 5.53. The molecule has 1 amide bonds. The standard InChI is InChI=1S/C14H28N2O2/c1-2-12(11-15)14(17)16-9-6-10-18-13-7-4-3-5-8-13/h12-13H,2-11,15H2,1H3,(H,16,17). The second-order valence-electron chi connectivity index (χ2n) is 5.12. The number of hydrogen-bond acceptors (Lipinski definition) is 3. The second kappa shape index (κ2) is 9.34. The monoisotopic (exact) mass is 256 g/mol. The zero-order chi connectivity index (χ0) is 13.2. The Bertz CT molecular complexity index is 224. The number of rotatable bonds is 8. The Morgan fingerprint density at radius 3 is 2.72 bits per heavy atom. The van der Waals surface area contributed by atoms with Crippen LogP contribution in [0.15, 0.2) is 0 Å². The van der Waals surface area contributed by atoms with Crippen molar-refractivity contribution in [3.05, 3.63) is 0 Å². The highest BCUT2D eigenvalue weighted by atomic mass is 16.5. The van der Waals surface area contributed by atoms with E-state index in [1.807, 2.05) is 6.92 Å². The van der Waals surface area contributed by atoms with Crippen LogP contribution in [0.3, 0.4) is 0 Å². The number of hydrogen-bond donors (Lipinski definition) is 2. The van der Waals surface area contributed by atoms with Crippen LogP contribution < -0.4 is 11.1 Å². The average Bonchev–Trinajstić information content (AvgIpc) is 2.41. The highest BCUT2D eigenvalue weighted by Crippen LogP contribution is 2.20. The van der Waals surface area contributed by atoms with Crippen molar-refractivity contribution in [3.63, 3.8) is 0 Å². The average molecular weight is 256 g/mol. The fraction of sp³-hybridized carbons (Fsp3) is 0.929. The van der Waals surface area contributed by atoms with Crippen molar-refractivity contribution in [1.82, 2.24) is 5.32 Å². The van der Waals surface area contributed by atoms with E-state index < -0.39 is 0 Å². The Kier molecular flexibility index (Phi) is 8.01. The molecule has 3 N–H and O–H groups in total. The molecule has 4 heteroatoms. The third kappa shape index (κ3) is 5.83. The Hall–Kier alpha value is -0.610. The summed E-state index contributed by atoms with van der Waals surface area (Å²) >= 11 is 0. The van der Waals surface area contributed by atoms with Gasteiger partial charge in [-0.3, -0.25) is 4.79 Å². The molecule has 1 fully saturated rings. The summed E-state index contributed by atoms with van der Waals surface area (Å²) < 4.78 is 5.80. The van der Waals surface area contributed by atoms with Crippen molar-refractivity contribution in [2.45, 2.75) is 58.0 Å². The fourth-order valence-corrected chi connectivity index (χ4v) is 2.37. The number of carbonyl (C=O) groups excluding carboxylic acids is 1. The largest absolute Gasteiger partial charge is 0.378 e. The Balaban J connectivity index is 1.99. The molecular formula is C14H28N2O2. The van der Waals surface area contributed by atoms with Gasteiger partial charge in [-0.1, -0.05) is 26.2 Å². The van der Waals surface area contributed by atoms with Crippen molar-refractivity contribution in [1.29, 1.82) is 0 Å². The highest BCUT2D eigenvalue weighted by Gasteiger charge is 2.14. The van der Waals surface area contributed by atoms with Gasteiger partial charge < -0.3 is 15.8 Å². The van der Waals surface area contributed by atoms with Crippen molar-refractivity contribution >= 4 is 5.91 Å². The van der Waals surface area contributed by atoms with Gasteiger partial charge in [0.05, 0.1) is 6.10 Å². The van der Waals surface area contributed by atoms with Crippen molar-refractivity contribution in [2.24, 2.45) is 11.7 Å². The van der Waals surface area contributed by atoms with Crippen LogP contribution in [-0.4, -0.2) is 31.7 Å². The molecule has 1 saturated carbocycles. The van der Waals surface area contributed by atoms with Gasteiger partial charge in [0.25, 0.3) is 0 Å². The Labute approximate surface area is 111 Å². The molecule has 1 aliphatic carbocycles. The topological polar surface area (TPSA) is 64.4 Å². The lowest BCUT2D eigenvalue weighted by Crippen LogP contribution is -2.35. The SMILES string of the molecule is CCC(CN)C(=O)NCCCOC1CCCCC1. The van der Waals surface area contributed by atoms with Crippen molar-refractivity contribution < 1.29 is 9.53 Å². The predicted molar refractivity (Wildman–Crippen MR) is 73.3 cm³/mol. The van der Waals surface area contributed by atoms with Gasteiger partial charge in [0.2, 0.25) is 5.91 Å². The maximum atomic E-state index is 11.6. The van der Waals surface area contributed by atoms with E-state index in [0.29, 0.717) is 19.2 Å². The molecule has 0 aromatic rings. The smallest absolute Gasteiger partial charge is 0.224 e. The molecule has 1 rings (SSSR count). The molecule has 0 saturated heterocycles. The van der Waals surface area contributed by atoms with Crippen LogP contribution >= 0.6 is 0 Å². The van der Waals surface area contributed by atoms with Crippen LogP contribution in [0.5, 0.6) is 0 Å². The first-order valence-electron chi connectivity index (χ1n) is 7.37. The first-order chi connectivity index (χ1) is 8.77. The van der Waals surface area contributed by atoms with E-state index in [2.05, 4.69) is 5.32 Å². The minimum Gasteiger partial charge on any atom is -0.378 e. The molecular weight excluding hydrogens is 228 g/mol. The van der Waals surface area contributed by atoms with Crippen LogP contribution in [0.25, 0.3) is 0 Å². The molecule has 18 heavy (non-hydrogen) atoms. The summed E-state index contributed by atoms with van der Waals surface area (Å²) in [7, 11) is 0. The number of amides is 1. The minimum atomic E-state index is -0.0377. The maximum Gasteiger partial charge on any atom is 0.224 e. The number of carbonyl (C=O) groups is 1. The molecule has 0 aromatic carbocycles. The third-order valence-corrected chi connectivity index (χ3v) is 3.67. The molecule has 106 valence electrons. The normalized spacial score (nSPS) is 18.6. The van der Waals surface area contributed by atoms with Crippen LogP contribution in [0.1, 0.15) is 51.9 Å². The third-order valence-electron chi connectivity index (χ3n) is 3.67. The maximum absolute atomic E-state index is 11.6. The molecule has 0 aliphatic heterocycles. The second-order valence-corrected chi connectivity index (χ2v) is 5.12. The number of nitrogens with two attached hydrogens (primary N) is 1. The van der Waals surface area contributed by atoms with E-state index in [-0.39, 0.29) is 11.8 Å². The summed E-state index contributed by atoms with van der Waals surface area (Å²) in [6.45, 7) is 3.87. The molecule has 4 nitrogen and oxygen atoms in total. The van der Waals surface area contributed by atoms with E-state index in [9.17, 15) is 4.79 Å². The highest BCUT2D eigenvalue weighted by molar-refractivity contribution is 5.78. The molecule has 0 heterocycles. The van der Waals surface area contributed by atoms with Gasteiger partial charge in [0.15, 0.2) is 0 Å². The molecule has 0 spiro atoms. The summed E-state index contributed by atoms with van der Waals surface area (Å²) in [5, 5.41) is 2.92. The number of ether oxygens (including phenoxy) is 1. The summed E-state index contributed by atoms with van der Waals surface area (Å²) in [6, 6.07) is 0. The molecule has 1 aliphatic rings. The first-order valence-corrected chi connectivity index (χ1v) is 7.37. The van der Waals surface area contributed by atoms with Gasteiger partial charge >= 0.3 is 0 Å². The zero-order valence-corrected chi connectivity index (χ0v) is 11.6. The van der Waals surface area contributed by atoms with Crippen LogP contribution in [-0.2, 0) is 9.53 Å². The van der Waals surface area contributed by atoms with E-state index >= 15 is 0 Å². The predicted octanol–water partition coefficient (Wildman–Crippen LogP) is 1.83.